The van der Waals surface area contributed by atoms with Crippen LogP contribution in [0.25, 0.3) is 0 Å². The van der Waals surface area contributed by atoms with Gasteiger partial charge in [-0.1, -0.05) is 6.42 Å². The molecule has 0 aromatic heterocycles. The number of hydrogen-bond donors (Lipinski definition) is 2. The summed E-state index contributed by atoms with van der Waals surface area (Å²) in [4.78, 5) is 13.8. The van der Waals surface area contributed by atoms with Crippen LogP contribution >= 0.6 is 12.4 Å². The third kappa shape index (κ3) is 5.14. The number of rotatable bonds is 5. The molecule has 4 nitrogen and oxygen atoms in total. The van der Waals surface area contributed by atoms with Crippen LogP contribution < -0.4 is 11.1 Å². The maximum Gasteiger partial charge on any atom is 0.234 e. The third-order valence-electron chi connectivity index (χ3n) is 2.97. The van der Waals surface area contributed by atoms with Crippen molar-refractivity contribution in [3.63, 3.8) is 0 Å². The molecule has 1 atom stereocenters. The zero-order valence-corrected chi connectivity index (χ0v) is 10.9. The second-order valence-electron chi connectivity index (χ2n) is 4.15. The van der Waals surface area contributed by atoms with Crippen molar-refractivity contribution >= 4 is 18.3 Å². The summed E-state index contributed by atoms with van der Waals surface area (Å²) in [7, 11) is 0. The van der Waals surface area contributed by atoms with E-state index in [9.17, 15) is 4.79 Å². The van der Waals surface area contributed by atoms with Crippen LogP contribution in [0.15, 0.2) is 0 Å². The Labute approximate surface area is 104 Å². The molecule has 0 aromatic rings. The van der Waals surface area contributed by atoms with Crippen molar-refractivity contribution in [2.45, 2.75) is 38.6 Å². The number of hydrogen-bond acceptors (Lipinski definition) is 3. The molecule has 0 aromatic carbocycles. The van der Waals surface area contributed by atoms with E-state index in [1.807, 2.05) is 6.92 Å². The molecule has 0 bridgehead atoms. The fourth-order valence-electron chi connectivity index (χ4n) is 2.22. The minimum absolute atomic E-state index is 0. The number of likely N-dealkylation sites (tertiary alicyclic amines) is 1. The summed E-state index contributed by atoms with van der Waals surface area (Å²) in [6.07, 6.45) is 4.69. The lowest BCUT2D eigenvalue weighted by molar-refractivity contribution is -0.123. The first-order valence-corrected chi connectivity index (χ1v) is 5.98. The van der Waals surface area contributed by atoms with Crippen LogP contribution in [0.4, 0.5) is 0 Å². The van der Waals surface area contributed by atoms with E-state index in [0.29, 0.717) is 19.1 Å². The monoisotopic (exact) mass is 249 g/mol. The molecule has 0 saturated carbocycles. The molecule has 1 fully saturated rings. The van der Waals surface area contributed by atoms with Gasteiger partial charge in [-0.15, -0.1) is 12.4 Å². The van der Waals surface area contributed by atoms with E-state index >= 15 is 0 Å². The second-order valence-corrected chi connectivity index (χ2v) is 4.15. The highest BCUT2D eigenvalue weighted by Crippen LogP contribution is 2.18. The summed E-state index contributed by atoms with van der Waals surface area (Å²) in [5, 5.41) is 2.84. The molecule has 0 radical (unpaired) electrons. The summed E-state index contributed by atoms with van der Waals surface area (Å²) in [6, 6.07) is 0.520. The van der Waals surface area contributed by atoms with Crippen molar-refractivity contribution < 1.29 is 4.79 Å². The van der Waals surface area contributed by atoms with Gasteiger partial charge in [0, 0.05) is 12.6 Å². The molecule has 1 aliphatic rings. The van der Waals surface area contributed by atoms with Crippen molar-refractivity contribution in [3.8, 4) is 0 Å². The molecule has 5 heteroatoms. The molecule has 1 saturated heterocycles. The van der Waals surface area contributed by atoms with E-state index in [1.54, 1.807) is 0 Å². The smallest absolute Gasteiger partial charge is 0.234 e. The van der Waals surface area contributed by atoms with Crippen molar-refractivity contribution in [1.29, 1.82) is 0 Å². The van der Waals surface area contributed by atoms with E-state index in [4.69, 9.17) is 5.73 Å². The Hall–Kier alpha value is -0.320. The van der Waals surface area contributed by atoms with Gasteiger partial charge in [-0.05, 0) is 39.3 Å². The number of nitrogens with zero attached hydrogens (tertiary/aromatic N) is 1. The first-order valence-electron chi connectivity index (χ1n) is 5.98. The van der Waals surface area contributed by atoms with Gasteiger partial charge in [0.25, 0.3) is 0 Å². The molecule has 1 rings (SSSR count). The third-order valence-corrected chi connectivity index (χ3v) is 2.97. The highest BCUT2D eigenvalue weighted by Gasteiger charge is 2.23. The average Bonchev–Trinajstić information content (AvgIpc) is 2.21. The maximum absolute atomic E-state index is 11.5. The van der Waals surface area contributed by atoms with Gasteiger partial charge in [0.2, 0.25) is 5.91 Å². The number of carbonyl (C=O) groups is 1. The molecule has 1 unspecified atom stereocenters. The molecule has 1 amide bonds. The van der Waals surface area contributed by atoms with Crippen LogP contribution in [0.2, 0.25) is 0 Å². The highest BCUT2D eigenvalue weighted by molar-refractivity contribution is 5.85. The molecule has 3 N–H and O–H groups in total. The Morgan fingerprint density at radius 3 is 2.88 bits per heavy atom. The number of piperidine rings is 1. The predicted octanol–water partition coefficient (Wildman–Crippen LogP) is 0.748. The van der Waals surface area contributed by atoms with Crippen LogP contribution in [-0.4, -0.2) is 43.0 Å². The summed E-state index contributed by atoms with van der Waals surface area (Å²) in [5.74, 6) is 0.140. The maximum atomic E-state index is 11.5. The van der Waals surface area contributed by atoms with Gasteiger partial charge in [0.15, 0.2) is 0 Å². The Balaban J connectivity index is 0.00000225. The minimum atomic E-state index is 0. The van der Waals surface area contributed by atoms with E-state index in [2.05, 4.69) is 10.2 Å². The fourth-order valence-corrected chi connectivity index (χ4v) is 2.22. The summed E-state index contributed by atoms with van der Waals surface area (Å²) < 4.78 is 0. The summed E-state index contributed by atoms with van der Waals surface area (Å²) in [6.45, 7) is 4.97. The largest absolute Gasteiger partial charge is 0.355 e. The first-order chi connectivity index (χ1) is 7.27. The van der Waals surface area contributed by atoms with Crippen LogP contribution in [0.5, 0.6) is 0 Å². The SMILES string of the molecule is CCNC(=O)CN1CCCCC1CCN.Cl. The van der Waals surface area contributed by atoms with Gasteiger partial charge in [-0.25, -0.2) is 0 Å². The van der Waals surface area contributed by atoms with Gasteiger partial charge >= 0.3 is 0 Å². The Kier molecular flexibility index (Phi) is 8.61. The zero-order chi connectivity index (χ0) is 11.1. The topological polar surface area (TPSA) is 58.4 Å². The highest BCUT2D eigenvalue weighted by atomic mass is 35.5. The number of likely N-dealkylation sites (N-methyl/N-ethyl adjacent to an activating group) is 1. The molecule has 0 aliphatic carbocycles. The quantitative estimate of drug-likeness (QED) is 0.756. The number of nitrogens with one attached hydrogen (secondary N) is 1. The second kappa shape index (κ2) is 8.79. The van der Waals surface area contributed by atoms with Gasteiger partial charge in [-0.3, -0.25) is 9.69 Å². The lowest BCUT2D eigenvalue weighted by Gasteiger charge is -2.35. The van der Waals surface area contributed by atoms with Gasteiger partial charge < -0.3 is 11.1 Å². The van der Waals surface area contributed by atoms with E-state index in [1.165, 1.54) is 19.3 Å². The lowest BCUT2D eigenvalue weighted by atomic mass is 9.99. The standard InChI is InChI=1S/C11H23N3O.ClH/c1-2-13-11(15)9-14-8-4-3-5-10(14)6-7-12;/h10H,2-9,12H2,1H3,(H,13,15);1H. The molecule has 1 heterocycles. The lowest BCUT2D eigenvalue weighted by Crippen LogP contribution is -2.46. The number of nitrogens with two attached hydrogens (primary N) is 1. The number of amides is 1. The minimum Gasteiger partial charge on any atom is -0.355 e. The fraction of sp³-hybridized carbons (Fsp3) is 0.909. The van der Waals surface area contributed by atoms with E-state index in [-0.39, 0.29) is 18.3 Å². The predicted molar refractivity (Wildman–Crippen MR) is 68.8 cm³/mol. The molecule has 96 valence electrons. The molecule has 16 heavy (non-hydrogen) atoms. The number of carbonyl (C=O) groups excluding carboxylic acids is 1. The van der Waals surface area contributed by atoms with Gasteiger partial charge in [-0.2, -0.15) is 0 Å². The van der Waals surface area contributed by atoms with Crippen molar-refractivity contribution in [2.75, 3.05) is 26.2 Å². The van der Waals surface area contributed by atoms with Crippen LogP contribution in [0.3, 0.4) is 0 Å². The molecular formula is C11H24ClN3O. The normalized spacial score (nSPS) is 21.2. The van der Waals surface area contributed by atoms with Crippen molar-refractivity contribution in [1.82, 2.24) is 10.2 Å². The Bertz CT molecular complexity index is 200. The molecule has 1 aliphatic heterocycles. The molecule has 0 spiro atoms. The van der Waals surface area contributed by atoms with Crippen LogP contribution in [-0.2, 0) is 4.79 Å². The van der Waals surface area contributed by atoms with Gasteiger partial charge in [0.05, 0.1) is 6.54 Å². The summed E-state index contributed by atoms with van der Waals surface area (Å²) >= 11 is 0. The Morgan fingerprint density at radius 1 is 1.50 bits per heavy atom. The summed E-state index contributed by atoms with van der Waals surface area (Å²) in [5.41, 5.74) is 5.58. The van der Waals surface area contributed by atoms with Crippen molar-refractivity contribution in [3.05, 3.63) is 0 Å². The first kappa shape index (κ1) is 15.7. The van der Waals surface area contributed by atoms with Crippen LogP contribution in [0.1, 0.15) is 32.6 Å². The molecular weight excluding hydrogens is 226 g/mol. The Morgan fingerprint density at radius 2 is 2.25 bits per heavy atom. The number of halogens is 1. The van der Waals surface area contributed by atoms with Crippen molar-refractivity contribution in [2.24, 2.45) is 5.73 Å². The van der Waals surface area contributed by atoms with E-state index in [0.717, 1.165) is 19.5 Å². The zero-order valence-electron chi connectivity index (χ0n) is 10.1. The van der Waals surface area contributed by atoms with Gasteiger partial charge in [0.1, 0.15) is 0 Å². The van der Waals surface area contributed by atoms with Crippen LogP contribution in [0, 0.1) is 0 Å². The van der Waals surface area contributed by atoms with E-state index < -0.39 is 0 Å². The average molecular weight is 250 g/mol.